The minimum absolute atomic E-state index is 0.0488. The summed E-state index contributed by atoms with van der Waals surface area (Å²) in [7, 11) is 0. The van der Waals surface area contributed by atoms with E-state index >= 15 is 0 Å². The Morgan fingerprint density at radius 1 is 1.25 bits per heavy atom. The van der Waals surface area contributed by atoms with Gasteiger partial charge in [-0.3, -0.25) is 9.88 Å². The van der Waals surface area contributed by atoms with Crippen LogP contribution in [-0.4, -0.2) is 47.0 Å². The lowest BCUT2D eigenvalue weighted by Crippen LogP contribution is -2.51. The SMILES string of the molecule is CC[C@H](NC(=O)N1CCN(Cc2ccccn2)CC1)c1cccs1. The first-order chi connectivity index (χ1) is 11.8. The third kappa shape index (κ3) is 4.33. The summed E-state index contributed by atoms with van der Waals surface area (Å²) in [5.41, 5.74) is 1.08. The number of amides is 2. The van der Waals surface area contributed by atoms with Crippen molar-refractivity contribution < 1.29 is 4.79 Å². The van der Waals surface area contributed by atoms with Crippen molar-refractivity contribution in [3.63, 3.8) is 0 Å². The summed E-state index contributed by atoms with van der Waals surface area (Å²) in [5.74, 6) is 0. The molecule has 0 aliphatic carbocycles. The molecule has 1 atom stereocenters. The lowest BCUT2D eigenvalue weighted by atomic mass is 10.2. The molecule has 2 aromatic heterocycles. The van der Waals surface area contributed by atoms with Gasteiger partial charge in [0.25, 0.3) is 0 Å². The van der Waals surface area contributed by atoms with Crippen molar-refractivity contribution in [3.8, 4) is 0 Å². The highest BCUT2D eigenvalue weighted by Gasteiger charge is 2.23. The normalized spacial score (nSPS) is 16.8. The minimum Gasteiger partial charge on any atom is -0.330 e. The van der Waals surface area contributed by atoms with E-state index in [-0.39, 0.29) is 12.1 Å². The molecule has 6 heteroatoms. The van der Waals surface area contributed by atoms with Crippen molar-refractivity contribution in [2.24, 2.45) is 0 Å². The van der Waals surface area contributed by atoms with Crippen LogP contribution in [0.25, 0.3) is 0 Å². The van der Waals surface area contributed by atoms with Gasteiger partial charge in [0, 0.05) is 43.8 Å². The highest BCUT2D eigenvalue weighted by molar-refractivity contribution is 7.10. The van der Waals surface area contributed by atoms with Crippen LogP contribution in [0.2, 0.25) is 0 Å². The van der Waals surface area contributed by atoms with Gasteiger partial charge in [0.1, 0.15) is 0 Å². The molecule has 0 radical (unpaired) electrons. The maximum absolute atomic E-state index is 12.5. The number of pyridine rings is 1. The lowest BCUT2D eigenvalue weighted by molar-refractivity contribution is 0.132. The molecule has 24 heavy (non-hydrogen) atoms. The second-order valence-electron chi connectivity index (χ2n) is 6.01. The lowest BCUT2D eigenvalue weighted by Gasteiger charge is -2.35. The fraction of sp³-hybridized carbons (Fsp3) is 0.444. The molecule has 0 aromatic carbocycles. The van der Waals surface area contributed by atoms with E-state index in [0.29, 0.717) is 0 Å². The van der Waals surface area contributed by atoms with Gasteiger partial charge in [0.05, 0.1) is 11.7 Å². The number of hydrogen-bond donors (Lipinski definition) is 1. The number of aromatic nitrogens is 1. The average molecular weight is 344 g/mol. The third-order valence-corrected chi connectivity index (χ3v) is 5.35. The van der Waals surface area contributed by atoms with Gasteiger partial charge in [-0.15, -0.1) is 11.3 Å². The summed E-state index contributed by atoms with van der Waals surface area (Å²) in [6.45, 7) is 6.26. The van der Waals surface area contributed by atoms with Gasteiger partial charge in [0.15, 0.2) is 0 Å². The molecule has 1 fully saturated rings. The molecule has 1 aliphatic rings. The molecule has 0 saturated carbocycles. The van der Waals surface area contributed by atoms with Crippen LogP contribution in [0.5, 0.6) is 0 Å². The topological polar surface area (TPSA) is 48.5 Å². The van der Waals surface area contributed by atoms with Crippen LogP contribution < -0.4 is 5.32 Å². The number of carbonyl (C=O) groups excluding carboxylic acids is 1. The molecule has 0 spiro atoms. The standard InChI is InChI=1S/C18H24N4OS/c1-2-16(17-7-5-13-24-17)20-18(23)22-11-9-21(10-12-22)14-15-6-3-4-8-19-15/h3-8,13,16H,2,9-12,14H2,1H3,(H,20,23)/t16-/m0/s1. The van der Waals surface area contributed by atoms with Gasteiger partial charge in [-0.05, 0) is 30.0 Å². The molecular weight excluding hydrogens is 320 g/mol. The van der Waals surface area contributed by atoms with Gasteiger partial charge in [0.2, 0.25) is 0 Å². The zero-order valence-corrected chi connectivity index (χ0v) is 14.8. The van der Waals surface area contributed by atoms with Crippen molar-refractivity contribution in [1.29, 1.82) is 0 Å². The first-order valence-electron chi connectivity index (χ1n) is 8.47. The average Bonchev–Trinajstić information content (AvgIpc) is 3.15. The Labute approximate surface area is 147 Å². The summed E-state index contributed by atoms with van der Waals surface area (Å²) in [6.07, 6.45) is 2.74. The van der Waals surface area contributed by atoms with Gasteiger partial charge in [-0.25, -0.2) is 4.79 Å². The fourth-order valence-corrected chi connectivity index (χ4v) is 3.80. The zero-order chi connectivity index (χ0) is 16.8. The molecule has 3 heterocycles. The highest BCUT2D eigenvalue weighted by Crippen LogP contribution is 2.22. The van der Waals surface area contributed by atoms with Gasteiger partial charge in [-0.1, -0.05) is 19.1 Å². The Kier molecular flexibility index (Phi) is 5.82. The van der Waals surface area contributed by atoms with Crippen molar-refractivity contribution in [1.82, 2.24) is 20.1 Å². The second-order valence-corrected chi connectivity index (χ2v) is 6.99. The number of urea groups is 1. The number of nitrogens with one attached hydrogen (secondary N) is 1. The van der Waals surface area contributed by atoms with Crippen molar-refractivity contribution in [3.05, 3.63) is 52.5 Å². The zero-order valence-electron chi connectivity index (χ0n) is 14.0. The van der Waals surface area contributed by atoms with Crippen LogP contribution in [0.15, 0.2) is 41.9 Å². The minimum atomic E-state index is 0.0488. The third-order valence-electron chi connectivity index (χ3n) is 4.36. The Bertz CT molecular complexity index is 624. The highest BCUT2D eigenvalue weighted by atomic mass is 32.1. The summed E-state index contributed by atoms with van der Waals surface area (Å²) < 4.78 is 0. The number of rotatable bonds is 5. The van der Waals surface area contributed by atoms with Gasteiger partial charge < -0.3 is 10.2 Å². The Morgan fingerprint density at radius 2 is 2.08 bits per heavy atom. The number of carbonyl (C=O) groups is 1. The number of hydrogen-bond acceptors (Lipinski definition) is 4. The van der Waals surface area contributed by atoms with Gasteiger partial charge in [-0.2, -0.15) is 0 Å². The summed E-state index contributed by atoms with van der Waals surface area (Å²) in [4.78, 5) is 22.4. The quantitative estimate of drug-likeness (QED) is 0.906. The van der Waals surface area contributed by atoms with Gasteiger partial charge >= 0.3 is 6.03 Å². The van der Waals surface area contributed by atoms with Crippen LogP contribution in [0.1, 0.15) is 30.0 Å². The maximum Gasteiger partial charge on any atom is 0.317 e. The van der Waals surface area contributed by atoms with Crippen molar-refractivity contribution in [2.45, 2.75) is 25.9 Å². The summed E-state index contributed by atoms with van der Waals surface area (Å²) in [6, 6.07) is 10.3. The molecule has 5 nitrogen and oxygen atoms in total. The van der Waals surface area contributed by atoms with E-state index in [1.165, 1.54) is 4.88 Å². The molecule has 2 aromatic rings. The van der Waals surface area contributed by atoms with E-state index < -0.39 is 0 Å². The molecular formula is C18H24N4OS. The summed E-state index contributed by atoms with van der Waals surface area (Å²) >= 11 is 1.70. The fourth-order valence-electron chi connectivity index (χ4n) is 2.93. The van der Waals surface area contributed by atoms with Crippen molar-refractivity contribution in [2.75, 3.05) is 26.2 Å². The number of piperazine rings is 1. The Hall–Kier alpha value is -1.92. The first-order valence-corrected chi connectivity index (χ1v) is 9.35. The predicted molar refractivity (Wildman–Crippen MR) is 97.0 cm³/mol. The summed E-state index contributed by atoms with van der Waals surface area (Å²) in [5, 5.41) is 5.23. The van der Waals surface area contributed by atoms with E-state index in [2.05, 4.69) is 33.6 Å². The van der Waals surface area contributed by atoms with E-state index in [1.54, 1.807) is 11.3 Å². The van der Waals surface area contributed by atoms with E-state index in [9.17, 15) is 4.79 Å². The number of thiophene rings is 1. The largest absolute Gasteiger partial charge is 0.330 e. The molecule has 128 valence electrons. The van der Waals surface area contributed by atoms with Crippen LogP contribution in [0, 0.1) is 0 Å². The van der Waals surface area contributed by atoms with E-state index in [4.69, 9.17) is 0 Å². The second kappa shape index (κ2) is 8.26. The smallest absolute Gasteiger partial charge is 0.317 e. The molecule has 1 saturated heterocycles. The van der Waals surface area contributed by atoms with Crippen LogP contribution in [0.3, 0.4) is 0 Å². The Morgan fingerprint density at radius 3 is 2.71 bits per heavy atom. The molecule has 1 N–H and O–H groups in total. The van der Waals surface area contributed by atoms with Crippen molar-refractivity contribution >= 4 is 17.4 Å². The molecule has 0 bridgehead atoms. The first kappa shape index (κ1) is 16.9. The van der Waals surface area contributed by atoms with Crippen LogP contribution in [0.4, 0.5) is 4.79 Å². The molecule has 1 aliphatic heterocycles. The van der Waals surface area contributed by atoms with Crippen LogP contribution >= 0.6 is 11.3 Å². The maximum atomic E-state index is 12.5. The van der Waals surface area contributed by atoms with E-state index in [1.807, 2.05) is 35.4 Å². The molecule has 2 amide bonds. The Balaban J connectivity index is 1.48. The number of nitrogens with zero attached hydrogens (tertiary/aromatic N) is 3. The van der Waals surface area contributed by atoms with Crippen LogP contribution in [-0.2, 0) is 6.54 Å². The molecule has 0 unspecified atom stereocenters. The monoisotopic (exact) mass is 344 g/mol. The predicted octanol–water partition coefficient (Wildman–Crippen LogP) is 3.12. The molecule has 3 rings (SSSR count). The van der Waals surface area contributed by atoms with E-state index in [0.717, 1.165) is 44.8 Å².